The van der Waals surface area contributed by atoms with Crippen molar-refractivity contribution in [1.29, 1.82) is 0 Å². The molecule has 2 saturated heterocycles. The first-order valence-electron chi connectivity index (χ1n) is 10.3. The lowest BCUT2D eigenvalue weighted by molar-refractivity contribution is 0.186. The van der Waals surface area contributed by atoms with Gasteiger partial charge in [-0.15, -0.1) is 0 Å². The number of urea groups is 1. The zero-order valence-electron chi connectivity index (χ0n) is 16.4. The normalized spacial score (nSPS) is 20.4. The number of aromatic nitrogens is 3. The fourth-order valence-corrected chi connectivity index (χ4v) is 4.20. The Morgan fingerprint density at radius 3 is 2.68 bits per heavy atom. The van der Waals surface area contributed by atoms with Crippen molar-refractivity contribution in [2.24, 2.45) is 0 Å². The largest absolute Gasteiger partial charge is 0.356 e. The molecule has 2 fully saturated rings. The summed E-state index contributed by atoms with van der Waals surface area (Å²) in [6, 6.07) is 6.55. The van der Waals surface area contributed by atoms with E-state index in [1.165, 1.54) is 5.56 Å². The Hall–Kier alpha value is -2.70. The molecule has 28 heavy (non-hydrogen) atoms. The number of carbonyl (C=O) groups is 1. The number of nitrogens with zero attached hydrogens (tertiary/aromatic N) is 5. The first kappa shape index (κ1) is 18.7. The lowest BCUT2D eigenvalue weighted by atomic mass is 10.0. The highest BCUT2D eigenvalue weighted by Gasteiger charge is 2.31. The third-order valence-corrected chi connectivity index (χ3v) is 5.82. The van der Waals surface area contributed by atoms with Crippen LogP contribution in [0.1, 0.15) is 49.9 Å². The van der Waals surface area contributed by atoms with Gasteiger partial charge in [0.05, 0.1) is 6.04 Å². The average molecular weight is 380 g/mol. The van der Waals surface area contributed by atoms with Gasteiger partial charge in [-0.2, -0.15) is 0 Å². The molecule has 0 aromatic carbocycles. The second kappa shape index (κ2) is 8.54. The Kier molecular flexibility index (Phi) is 5.69. The number of aryl methyl sites for hydroxylation is 1. The summed E-state index contributed by atoms with van der Waals surface area (Å²) >= 11 is 0. The Labute approximate surface area is 166 Å². The number of anilines is 1. The molecule has 2 aromatic heterocycles. The molecule has 7 nitrogen and oxygen atoms in total. The standard InChI is InChI=1S/C21H28N6O/c1-2-17-14-20(24-15-23-17)26-12-7-18(8-13-26)25-21(28)27-11-3-4-19(27)16-5-9-22-10-6-16/h5-6,9-10,14-15,18-19H,2-4,7-8,11-13H2,1H3,(H,25,28). The van der Waals surface area contributed by atoms with Crippen LogP contribution in [0.25, 0.3) is 0 Å². The van der Waals surface area contributed by atoms with Crippen molar-refractivity contribution in [1.82, 2.24) is 25.2 Å². The molecule has 1 N–H and O–H groups in total. The third-order valence-electron chi connectivity index (χ3n) is 5.82. The number of rotatable bonds is 4. The van der Waals surface area contributed by atoms with Gasteiger partial charge >= 0.3 is 6.03 Å². The number of pyridine rings is 1. The smallest absolute Gasteiger partial charge is 0.318 e. The van der Waals surface area contributed by atoms with Crippen molar-refractivity contribution in [2.75, 3.05) is 24.5 Å². The Balaban J connectivity index is 1.32. The highest BCUT2D eigenvalue weighted by Crippen LogP contribution is 2.31. The predicted octanol–water partition coefficient (Wildman–Crippen LogP) is 2.95. The topological polar surface area (TPSA) is 74.2 Å². The highest BCUT2D eigenvalue weighted by atomic mass is 16.2. The number of likely N-dealkylation sites (tertiary alicyclic amines) is 1. The molecule has 1 unspecified atom stereocenters. The van der Waals surface area contributed by atoms with Crippen LogP contribution >= 0.6 is 0 Å². The van der Waals surface area contributed by atoms with Crippen molar-refractivity contribution in [3.63, 3.8) is 0 Å². The van der Waals surface area contributed by atoms with Crippen LogP contribution in [-0.2, 0) is 6.42 Å². The molecule has 2 aliphatic heterocycles. The van der Waals surface area contributed by atoms with E-state index in [1.54, 1.807) is 18.7 Å². The van der Waals surface area contributed by atoms with Gasteiger partial charge in [-0.25, -0.2) is 14.8 Å². The van der Waals surface area contributed by atoms with Crippen molar-refractivity contribution in [2.45, 2.75) is 51.1 Å². The maximum atomic E-state index is 12.9. The second-order valence-corrected chi connectivity index (χ2v) is 7.56. The monoisotopic (exact) mass is 380 g/mol. The van der Waals surface area contributed by atoms with Crippen LogP contribution in [0.2, 0.25) is 0 Å². The van der Waals surface area contributed by atoms with Gasteiger partial charge in [0.25, 0.3) is 0 Å². The van der Waals surface area contributed by atoms with Gasteiger partial charge in [-0.05, 0) is 49.8 Å². The highest BCUT2D eigenvalue weighted by molar-refractivity contribution is 5.75. The van der Waals surface area contributed by atoms with Crippen LogP contribution in [0.15, 0.2) is 36.9 Å². The van der Waals surface area contributed by atoms with Crippen molar-refractivity contribution >= 4 is 11.8 Å². The molecule has 0 spiro atoms. The van der Waals surface area contributed by atoms with E-state index >= 15 is 0 Å². The fraction of sp³-hybridized carbons (Fsp3) is 0.524. The average Bonchev–Trinajstić information content (AvgIpc) is 3.25. The molecule has 2 aromatic rings. The number of hydrogen-bond donors (Lipinski definition) is 1. The van der Waals surface area contributed by atoms with Crippen molar-refractivity contribution in [3.05, 3.63) is 48.2 Å². The first-order chi connectivity index (χ1) is 13.7. The molecule has 0 saturated carbocycles. The fourth-order valence-electron chi connectivity index (χ4n) is 4.20. The minimum absolute atomic E-state index is 0.0630. The number of amides is 2. The van der Waals surface area contributed by atoms with Crippen LogP contribution in [0.4, 0.5) is 10.6 Å². The molecule has 0 bridgehead atoms. The van der Waals surface area contributed by atoms with E-state index in [0.717, 1.165) is 63.3 Å². The van der Waals surface area contributed by atoms with Gasteiger partial charge in [0.15, 0.2) is 0 Å². The maximum absolute atomic E-state index is 12.9. The molecular formula is C21H28N6O. The summed E-state index contributed by atoms with van der Waals surface area (Å²) in [6.45, 7) is 4.72. The van der Waals surface area contributed by atoms with Crippen molar-refractivity contribution in [3.8, 4) is 0 Å². The summed E-state index contributed by atoms with van der Waals surface area (Å²) in [5.74, 6) is 0.994. The van der Waals surface area contributed by atoms with E-state index in [0.29, 0.717) is 0 Å². The molecule has 4 rings (SSSR count). The Morgan fingerprint density at radius 2 is 1.93 bits per heavy atom. The summed E-state index contributed by atoms with van der Waals surface area (Å²) in [4.78, 5) is 30.0. The summed E-state index contributed by atoms with van der Waals surface area (Å²) < 4.78 is 0. The van der Waals surface area contributed by atoms with Crippen LogP contribution < -0.4 is 10.2 Å². The van der Waals surface area contributed by atoms with E-state index in [2.05, 4.69) is 38.2 Å². The SMILES string of the molecule is CCc1cc(N2CCC(NC(=O)N3CCCC3c3ccncc3)CC2)ncn1. The van der Waals surface area contributed by atoms with Crippen LogP contribution in [0.5, 0.6) is 0 Å². The van der Waals surface area contributed by atoms with Gasteiger partial charge in [-0.3, -0.25) is 4.98 Å². The van der Waals surface area contributed by atoms with Gasteiger partial charge in [0, 0.05) is 49.8 Å². The molecule has 2 amide bonds. The summed E-state index contributed by atoms with van der Waals surface area (Å²) in [5.41, 5.74) is 2.24. The van der Waals surface area contributed by atoms with E-state index in [9.17, 15) is 4.79 Å². The van der Waals surface area contributed by atoms with Crippen LogP contribution in [0, 0.1) is 0 Å². The lowest BCUT2D eigenvalue weighted by Crippen LogP contribution is -2.49. The third kappa shape index (κ3) is 4.08. The maximum Gasteiger partial charge on any atom is 0.318 e. The zero-order valence-corrected chi connectivity index (χ0v) is 16.4. The van der Waals surface area contributed by atoms with Gasteiger partial charge < -0.3 is 15.1 Å². The number of hydrogen-bond acceptors (Lipinski definition) is 5. The minimum atomic E-state index is 0.0630. The zero-order chi connectivity index (χ0) is 19.3. The molecule has 2 aliphatic rings. The minimum Gasteiger partial charge on any atom is -0.356 e. The van der Waals surface area contributed by atoms with Crippen LogP contribution in [0.3, 0.4) is 0 Å². The predicted molar refractivity (Wildman–Crippen MR) is 108 cm³/mol. The van der Waals surface area contributed by atoms with E-state index in [-0.39, 0.29) is 18.1 Å². The molecule has 1 atom stereocenters. The first-order valence-corrected chi connectivity index (χ1v) is 10.3. The van der Waals surface area contributed by atoms with E-state index in [4.69, 9.17) is 0 Å². The number of carbonyl (C=O) groups excluding carboxylic acids is 1. The summed E-state index contributed by atoms with van der Waals surface area (Å²) in [6.07, 6.45) is 10.1. The molecule has 0 aliphatic carbocycles. The quantitative estimate of drug-likeness (QED) is 0.883. The van der Waals surface area contributed by atoms with E-state index < -0.39 is 0 Å². The van der Waals surface area contributed by atoms with Gasteiger partial charge in [0.1, 0.15) is 12.1 Å². The molecule has 4 heterocycles. The molecule has 7 heteroatoms. The van der Waals surface area contributed by atoms with Crippen molar-refractivity contribution < 1.29 is 4.79 Å². The Morgan fingerprint density at radius 1 is 1.14 bits per heavy atom. The lowest BCUT2D eigenvalue weighted by Gasteiger charge is -2.34. The van der Waals surface area contributed by atoms with E-state index in [1.807, 2.05) is 17.0 Å². The second-order valence-electron chi connectivity index (χ2n) is 7.56. The van der Waals surface area contributed by atoms with Gasteiger partial charge in [-0.1, -0.05) is 6.92 Å². The van der Waals surface area contributed by atoms with Gasteiger partial charge in [0.2, 0.25) is 0 Å². The molecular weight excluding hydrogens is 352 g/mol. The number of nitrogens with one attached hydrogen (secondary N) is 1. The molecule has 0 radical (unpaired) electrons. The Bertz CT molecular complexity index is 790. The summed E-state index contributed by atoms with van der Waals surface area (Å²) in [5, 5.41) is 3.27. The molecule has 148 valence electrons. The van der Waals surface area contributed by atoms with Crippen LogP contribution in [-0.4, -0.2) is 51.6 Å². The summed E-state index contributed by atoms with van der Waals surface area (Å²) in [7, 11) is 0. The number of piperidine rings is 1.